The average molecular weight is 455 g/mol. The van der Waals surface area contributed by atoms with Crippen molar-refractivity contribution in [3.63, 3.8) is 0 Å². The minimum atomic E-state index is -6.80. The van der Waals surface area contributed by atoms with Gasteiger partial charge in [-0.25, -0.2) is 4.98 Å². The molecule has 2 nitrogen and oxygen atoms in total. The molecule has 0 bridgehead atoms. The van der Waals surface area contributed by atoms with Gasteiger partial charge in [-0.1, -0.05) is 0 Å². The van der Waals surface area contributed by atoms with Gasteiger partial charge in [-0.15, -0.1) is 0 Å². The number of hydrogen-bond acceptors (Lipinski definition) is 2. The van der Waals surface area contributed by atoms with Crippen LogP contribution in [-0.4, -0.2) is 29.2 Å². The minimum Gasteiger partial charge on any atom is -0.435 e. The molecule has 0 aliphatic rings. The topological polar surface area (TPSA) is 26.0 Å². The molecule has 1 heterocycles. The standard InChI is InChI=1S/C13H3F14NO/c14-8(15,10(18,19)12(22,23)24)4-1-2-6-5(3-4)28-7(29-6)9(16,17)11(20,21)13(25,26)27/h1-3H. The van der Waals surface area contributed by atoms with E-state index in [1.165, 1.54) is 0 Å². The van der Waals surface area contributed by atoms with E-state index >= 15 is 0 Å². The average Bonchev–Trinajstić information content (AvgIpc) is 2.96. The molecule has 164 valence electrons. The first-order valence-corrected chi connectivity index (χ1v) is 6.74. The van der Waals surface area contributed by atoms with Gasteiger partial charge in [-0.3, -0.25) is 0 Å². The van der Waals surface area contributed by atoms with E-state index in [0.717, 1.165) is 0 Å². The molecule has 0 unspecified atom stereocenters. The van der Waals surface area contributed by atoms with Gasteiger partial charge < -0.3 is 4.42 Å². The normalized spacial score (nSPS) is 15.2. The Kier molecular flexibility index (Phi) is 4.84. The molecule has 16 heteroatoms. The lowest BCUT2D eigenvalue weighted by atomic mass is 10.0. The molecule has 2 aromatic rings. The Morgan fingerprint density at radius 1 is 0.621 bits per heavy atom. The molecule has 0 saturated heterocycles. The van der Waals surface area contributed by atoms with E-state index in [-0.39, 0.29) is 18.2 Å². The highest BCUT2D eigenvalue weighted by Gasteiger charge is 2.76. The Morgan fingerprint density at radius 2 is 1.07 bits per heavy atom. The molecule has 1 aromatic carbocycles. The summed E-state index contributed by atoms with van der Waals surface area (Å²) in [6.45, 7) is 0. The molecule has 0 atom stereocenters. The maximum atomic E-state index is 13.6. The van der Waals surface area contributed by atoms with Gasteiger partial charge in [0.2, 0.25) is 0 Å². The summed E-state index contributed by atoms with van der Waals surface area (Å²) in [5, 5.41) is 0. The van der Waals surface area contributed by atoms with Crippen LogP contribution in [0.4, 0.5) is 61.5 Å². The maximum absolute atomic E-state index is 13.6. The van der Waals surface area contributed by atoms with Gasteiger partial charge in [0, 0.05) is 5.56 Å². The van der Waals surface area contributed by atoms with Gasteiger partial charge in [0.1, 0.15) is 5.52 Å². The fraction of sp³-hybridized carbons (Fsp3) is 0.462. The van der Waals surface area contributed by atoms with E-state index in [0.29, 0.717) is 0 Å². The monoisotopic (exact) mass is 455 g/mol. The van der Waals surface area contributed by atoms with Crippen molar-refractivity contribution in [1.29, 1.82) is 0 Å². The second-order valence-electron chi connectivity index (χ2n) is 5.49. The fourth-order valence-electron chi connectivity index (χ4n) is 1.93. The van der Waals surface area contributed by atoms with E-state index in [2.05, 4.69) is 9.40 Å². The lowest BCUT2D eigenvalue weighted by molar-refractivity contribution is -0.363. The van der Waals surface area contributed by atoms with Gasteiger partial charge >= 0.3 is 36.0 Å². The number of rotatable bonds is 4. The molecule has 2 rings (SSSR count). The number of oxazole rings is 1. The summed E-state index contributed by atoms with van der Waals surface area (Å²) in [5.74, 6) is -28.2. The predicted octanol–water partition coefficient (Wildman–Crippen LogP) is 6.41. The zero-order chi connectivity index (χ0) is 22.8. The first-order valence-electron chi connectivity index (χ1n) is 6.74. The molecular formula is C13H3F14NO. The Labute approximate surface area is 149 Å². The van der Waals surface area contributed by atoms with Gasteiger partial charge in [-0.2, -0.15) is 61.5 Å². The molecule has 0 aliphatic carbocycles. The van der Waals surface area contributed by atoms with Crippen LogP contribution in [0.1, 0.15) is 11.5 Å². The molecule has 0 radical (unpaired) electrons. The number of aromatic nitrogens is 1. The van der Waals surface area contributed by atoms with E-state index < -0.39 is 58.6 Å². The van der Waals surface area contributed by atoms with Crippen LogP contribution >= 0.6 is 0 Å². The van der Waals surface area contributed by atoms with Crippen molar-refractivity contribution >= 4 is 11.1 Å². The number of hydrogen-bond donors (Lipinski definition) is 0. The zero-order valence-corrected chi connectivity index (χ0v) is 12.9. The largest absolute Gasteiger partial charge is 0.460 e. The summed E-state index contributed by atoms with van der Waals surface area (Å²) in [4.78, 5) is 2.43. The SMILES string of the molecule is FC(F)(F)C(F)(F)C(F)(F)c1ccc2oc(C(F)(F)C(F)(F)C(F)(F)F)nc2c1. The second kappa shape index (κ2) is 6.10. The molecule has 0 saturated carbocycles. The van der Waals surface area contributed by atoms with Crippen LogP contribution in [0.25, 0.3) is 11.1 Å². The van der Waals surface area contributed by atoms with Crippen LogP contribution in [-0.2, 0) is 11.8 Å². The first kappa shape index (κ1) is 23.0. The molecule has 0 spiro atoms. The molecule has 0 fully saturated rings. The highest BCUT2D eigenvalue weighted by atomic mass is 19.4. The molecular weight excluding hydrogens is 452 g/mol. The van der Waals surface area contributed by atoms with E-state index in [1.807, 2.05) is 0 Å². The minimum absolute atomic E-state index is 0.0728. The fourth-order valence-corrected chi connectivity index (χ4v) is 1.93. The van der Waals surface area contributed by atoms with Crippen LogP contribution in [0.15, 0.2) is 22.6 Å². The first-order chi connectivity index (χ1) is 12.7. The van der Waals surface area contributed by atoms with E-state index in [4.69, 9.17) is 0 Å². The Balaban J connectivity index is 2.59. The van der Waals surface area contributed by atoms with E-state index in [9.17, 15) is 61.5 Å². The highest BCUT2D eigenvalue weighted by Crippen LogP contribution is 2.53. The summed E-state index contributed by atoms with van der Waals surface area (Å²) in [6, 6.07) is -0.426. The number of halogens is 14. The summed E-state index contributed by atoms with van der Waals surface area (Å²) in [6.07, 6.45) is -13.5. The summed E-state index contributed by atoms with van der Waals surface area (Å²) < 4.78 is 183. The van der Waals surface area contributed by atoms with Crippen molar-refractivity contribution in [1.82, 2.24) is 4.98 Å². The van der Waals surface area contributed by atoms with Crippen LogP contribution in [0.5, 0.6) is 0 Å². The lowest BCUT2D eigenvalue weighted by Gasteiger charge is -2.28. The third-order valence-corrected chi connectivity index (χ3v) is 3.52. The van der Waals surface area contributed by atoms with Crippen LogP contribution in [0, 0.1) is 0 Å². The van der Waals surface area contributed by atoms with Gasteiger partial charge in [0.05, 0.1) is 0 Å². The number of alkyl halides is 14. The third-order valence-electron chi connectivity index (χ3n) is 3.52. The Hall–Kier alpha value is -2.29. The van der Waals surface area contributed by atoms with E-state index in [1.54, 1.807) is 0 Å². The smallest absolute Gasteiger partial charge is 0.435 e. The highest BCUT2D eigenvalue weighted by molar-refractivity contribution is 5.74. The quantitative estimate of drug-likeness (QED) is 0.499. The van der Waals surface area contributed by atoms with Crippen LogP contribution < -0.4 is 0 Å². The predicted molar refractivity (Wildman–Crippen MR) is 63.8 cm³/mol. The van der Waals surface area contributed by atoms with Crippen molar-refractivity contribution in [2.45, 2.75) is 36.0 Å². The van der Waals surface area contributed by atoms with Gasteiger partial charge in [0.15, 0.2) is 5.58 Å². The molecule has 0 aliphatic heterocycles. The van der Waals surface area contributed by atoms with Crippen molar-refractivity contribution in [2.24, 2.45) is 0 Å². The number of fused-ring (bicyclic) bond motifs is 1. The van der Waals surface area contributed by atoms with Crippen LogP contribution in [0.3, 0.4) is 0 Å². The lowest BCUT2D eigenvalue weighted by Crippen LogP contribution is -2.50. The summed E-state index contributed by atoms with van der Waals surface area (Å²) in [5.41, 5.74) is -4.70. The van der Waals surface area contributed by atoms with Crippen molar-refractivity contribution in [3.05, 3.63) is 29.7 Å². The number of nitrogens with zero attached hydrogens (tertiary/aromatic N) is 1. The zero-order valence-electron chi connectivity index (χ0n) is 12.9. The third kappa shape index (κ3) is 3.25. The summed E-state index contributed by atoms with van der Waals surface area (Å²) >= 11 is 0. The van der Waals surface area contributed by atoms with Gasteiger partial charge in [0.25, 0.3) is 5.89 Å². The molecule has 0 N–H and O–H groups in total. The Morgan fingerprint density at radius 3 is 1.52 bits per heavy atom. The van der Waals surface area contributed by atoms with Crippen molar-refractivity contribution in [2.75, 3.05) is 0 Å². The molecule has 1 aromatic heterocycles. The maximum Gasteiger partial charge on any atom is 0.460 e. The molecule has 29 heavy (non-hydrogen) atoms. The summed E-state index contributed by atoms with van der Waals surface area (Å²) in [7, 11) is 0. The molecule has 0 amide bonds. The van der Waals surface area contributed by atoms with Crippen molar-refractivity contribution in [3.8, 4) is 0 Å². The van der Waals surface area contributed by atoms with Crippen LogP contribution in [0.2, 0.25) is 0 Å². The number of benzene rings is 1. The van der Waals surface area contributed by atoms with Crippen molar-refractivity contribution < 1.29 is 65.9 Å². The Bertz CT molecular complexity index is 870. The van der Waals surface area contributed by atoms with Gasteiger partial charge in [-0.05, 0) is 18.2 Å². The second-order valence-corrected chi connectivity index (χ2v) is 5.49.